The van der Waals surface area contributed by atoms with Crippen molar-refractivity contribution in [1.29, 1.82) is 0 Å². The molecule has 0 saturated carbocycles. The summed E-state index contributed by atoms with van der Waals surface area (Å²) in [5, 5.41) is 9.96. The third kappa shape index (κ3) is 2.05. The van der Waals surface area contributed by atoms with Crippen LogP contribution in [0.15, 0.2) is 30.5 Å². The predicted octanol–water partition coefficient (Wildman–Crippen LogP) is 2.08. The largest absolute Gasteiger partial charge is 0.340 e. The maximum atomic E-state index is 5.88. The molecule has 5 heteroatoms. The first-order valence-corrected chi connectivity index (χ1v) is 7.54. The van der Waals surface area contributed by atoms with Crippen LogP contribution in [0, 0.1) is 0 Å². The molecule has 2 N–H and O–H groups in total. The average Bonchev–Trinajstić information content (AvgIpc) is 3.13. The van der Waals surface area contributed by atoms with Crippen LogP contribution in [0.3, 0.4) is 0 Å². The minimum Gasteiger partial charge on any atom is -0.340 e. The second-order valence-electron chi connectivity index (χ2n) is 5.64. The number of rotatable bonds is 3. The zero-order chi connectivity index (χ0) is 14.2. The normalized spacial score (nSPS) is 14.5. The number of para-hydroxylation sites is 1. The van der Waals surface area contributed by atoms with Gasteiger partial charge in [-0.1, -0.05) is 18.2 Å². The van der Waals surface area contributed by atoms with Crippen LogP contribution in [0.4, 0.5) is 0 Å². The number of nitrogens with two attached hydrogens (primary N) is 1. The van der Waals surface area contributed by atoms with Crippen LogP contribution in [0.1, 0.15) is 30.1 Å². The van der Waals surface area contributed by atoms with Gasteiger partial charge in [0, 0.05) is 25.7 Å². The van der Waals surface area contributed by atoms with Crippen molar-refractivity contribution in [3.8, 4) is 0 Å². The van der Waals surface area contributed by atoms with Crippen molar-refractivity contribution < 1.29 is 0 Å². The van der Waals surface area contributed by atoms with Gasteiger partial charge in [0.05, 0.1) is 12.1 Å². The standard InChI is InChI=1S/C16H19N5/c17-10-13-5-3-4-12-7-9-20(16(12)13)11-15-19-18-14-6-1-2-8-21(14)15/h3-5,7,9H,1-2,6,8,10-11,17H2. The smallest absolute Gasteiger partial charge is 0.153 e. The van der Waals surface area contributed by atoms with Crippen LogP contribution >= 0.6 is 0 Å². The highest BCUT2D eigenvalue weighted by Gasteiger charge is 2.16. The Bertz CT molecular complexity index is 783. The van der Waals surface area contributed by atoms with E-state index >= 15 is 0 Å². The molecule has 0 aliphatic carbocycles. The molecule has 0 spiro atoms. The number of aromatic nitrogens is 4. The Morgan fingerprint density at radius 3 is 3.00 bits per heavy atom. The van der Waals surface area contributed by atoms with Gasteiger partial charge in [0.2, 0.25) is 0 Å². The van der Waals surface area contributed by atoms with Gasteiger partial charge in [0.15, 0.2) is 5.82 Å². The van der Waals surface area contributed by atoms with E-state index in [0.29, 0.717) is 6.54 Å². The first kappa shape index (κ1) is 12.6. The van der Waals surface area contributed by atoms with Crippen LogP contribution < -0.4 is 5.73 Å². The summed E-state index contributed by atoms with van der Waals surface area (Å²) in [4.78, 5) is 0. The quantitative estimate of drug-likeness (QED) is 0.799. The first-order valence-electron chi connectivity index (χ1n) is 7.54. The number of fused-ring (bicyclic) bond motifs is 2. The fourth-order valence-corrected chi connectivity index (χ4v) is 3.28. The number of nitrogens with zero attached hydrogens (tertiary/aromatic N) is 4. The molecule has 3 heterocycles. The molecule has 1 aliphatic rings. The molecule has 1 aromatic carbocycles. The van der Waals surface area contributed by atoms with Crippen LogP contribution in [0.25, 0.3) is 10.9 Å². The topological polar surface area (TPSA) is 61.7 Å². The van der Waals surface area contributed by atoms with E-state index in [2.05, 4.69) is 49.8 Å². The van der Waals surface area contributed by atoms with Crippen molar-refractivity contribution in [3.63, 3.8) is 0 Å². The van der Waals surface area contributed by atoms with Gasteiger partial charge in [0.25, 0.3) is 0 Å². The maximum absolute atomic E-state index is 5.88. The van der Waals surface area contributed by atoms with E-state index in [0.717, 1.165) is 31.2 Å². The van der Waals surface area contributed by atoms with E-state index in [4.69, 9.17) is 5.73 Å². The molecular formula is C16H19N5. The molecule has 0 atom stereocenters. The summed E-state index contributed by atoms with van der Waals surface area (Å²) in [6, 6.07) is 8.43. The lowest BCUT2D eigenvalue weighted by Gasteiger charge is -2.15. The van der Waals surface area contributed by atoms with Gasteiger partial charge in [-0.05, 0) is 29.9 Å². The lowest BCUT2D eigenvalue weighted by molar-refractivity contribution is 0.503. The summed E-state index contributed by atoms with van der Waals surface area (Å²) < 4.78 is 4.52. The third-order valence-corrected chi connectivity index (χ3v) is 4.34. The zero-order valence-corrected chi connectivity index (χ0v) is 12.0. The summed E-state index contributed by atoms with van der Waals surface area (Å²) in [5.41, 5.74) is 8.27. The van der Waals surface area contributed by atoms with Gasteiger partial charge < -0.3 is 14.9 Å². The summed E-state index contributed by atoms with van der Waals surface area (Å²) in [5.74, 6) is 2.18. The molecule has 0 amide bonds. The number of aryl methyl sites for hydroxylation is 1. The number of hydrogen-bond acceptors (Lipinski definition) is 3. The summed E-state index contributed by atoms with van der Waals surface area (Å²) in [6.07, 6.45) is 5.61. The summed E-state index contributed by atoms with van der Waals surface area (Å²) in [6.45, 7) is 2.35. The SMILES string of the molecule is NCc1cccc2ccn(Cc3nnc4n3CCCC4)c12. The first-order chi connectivity index (χ1) is 10.4. The highest BCUT2D eigenvalue weighted by atomic mass is 15.3. The van der Waals surface area contributed by atoms with E-state index in [-0.39, 0.29) is 0 Å². The van der Waals surface area contributed by atoms with E-state index < -0.39 is 0 Å². The monoisotopic (exact) mass is 281 g/mol. The fourth-order valence-electron chi connectivity index (χ4n) is 3.28. The molecule has 0 fully saturated rings. The van der Waals surface area contributed by atoms with E-state index in [1.807, 2.05) is 0 Å². The Morgan fingerprint density at radius 1 is 1.14 bits per heavy atom. The number of hydrogen-bond donors (Lipinski definition) is 1. The lowest BCUT2D eigenvalue weighted by atomic mass is 10.1. The van der Waals surface area contributed by atoms with E-state index in [9.17, 15) is 0 Å². The third-order valence-electron chi connectivity index (χ3n) is 4.34. The van der Waals surface area contributed by atoms with E-state index in [1.54, 1.807) is 0 Å². The second-order valence-corrected chi connectivity index (χ2v) is 5.64. The molecule has 4 rings (SSSR count). The van der Waals surface area contributed by atoms with Crippen LogP contribution in [-0.2, 0) is 26.1 Å². The molecule has 0 unspecified atom stereocenters. The van der Waals surface area contributed by atoms with Gasteiger partial charge >= 0.3 is 0 Å². The van der Waals surface area contributed by atoms with Crippen molar-refractivity contribution >= 4 is 10.9 Å². The van der Waals surface area contributed by atoms with E-state index in [1.165, 1.54) is 29.3 Å². The average molecular weight is 281 g/mol. The predicted molar refractivity (Wildman–Crippen MR) is 81.9 cm³/mol. The Hall–Kier alpha value is -2.14. The molecule has 0 saturated heterocycles. The van der Waals surface area contributed by atoms with Crippen molar-refractivity contribution in [3.05, 3.63) is 47.7 Å². The zero-order valence-electron chi connectivity index (χ0n) is 12.0. The fraction of sp³-hybridized carbons (Fsp3) is 0.375. The van der Waals surface area contributed by atoms with Crippen LogP contribution in [0.5, 0.6) is 0 Å². The van der Waals surface area contributed by atoms with Crippen molar-refractivity contribution in [2.45, 2.75) is 38.9 Å². The molecule has 0 radical (unpaired) electrons. The molecule has 1 aliphatic heterocycles. The van der Waals surface area contributed by atoms with Gasteiger partial charge in [-0.15, -0.1) is 10.2 Å². The van der Waals surface area contributed by atoms with Gasteiger partial charge in [-0.25, -0.2) is 0 Å². The molecule has 2 aromatic heterocycles. The maximum Gasteiger partial charge on any atom is 0.153 e. The summed E-state index contributed by atoms with van der Waals surface area (Å²) >= 11 is 0. The molecule has 3 aromatic rings. The minimum absolute atomic E-state index is 0.555. The Morgan fingerprint density at radius 2 is 2.10 bits per heavy atom. The second kappa shape index (κ2) is 5.00. The number of benzene rings is 1. The molecular weight excluding hydrogens is 262 g/mol. The van der Waals surface area contributed by atoms with Crippen molar-refractivity contribution in [2.24, 2.45) is 5.73 Å². The Kier molecular flexibility index (Phi) is 3.00. The van der Waals surface area contributed by atoms with Gasteiger partial charge in [-0.2, -0.15) is 0 Å². The Labute approximate surface area is 123 Å². The van der Waals surface area contributed by atoms with Gasteiger partial charge in [0.1, 0.15) is 5.82 Å². The highest BCUT2D eigenvalue weighted by Crippen LogP contribution is 2.22. The lowest BCUT2D eigenvalue weighted by Crippen LogP contribution is -2.15. The Balaban J connectivity index is 1.76. The van der Waals surface area contributed by atoms with Crippen molar-refractivity contribution in [2.75, 3.05) is 0 Å². The molecule has 5 nitrogen and oxygen atoms in total. The summed E-state index contributed by atoms with van der Waals surface area (Å²) in [7, 11) is 0. The van der Waals surface area contributed by atoms with Crippen LogP contribution in [-0.4, -0.2) is 19.3 Å². The molecule has 108 valence electrons. The highest BCUT2D eigenvalue weighted by molar-refractivity contribution is 5.83. The minimum atomic E-state index is 0.555. The molecule has 0 bridgehead atoms. The van der Waals surface area contributed by atoms with Crippen molar-refractivity contribution in [1.82, 2.24) is 19.3 Å². The van der Waals surface area contributed by atoms with Gasteiger partial charge in [-0.3, -0.25) is 0 Å². The van der Waals surface area contributed by atoms with Crippen LogP contribution in [0.2, 0.25) is 0 Å². The molecule has 21 heavy (non-hydrogen) atoms.